The minimum absolute atomic E-state index is 0.164. The van der Waals surface area contributed by atoms with Crippen molar-refractivity contribution < 1.29 is 33.3 Å². The van der Waals surface area contributed by atoms with Gasteiger partial charge in [0.25, 0.3) is 0 Å². The first-order chi connectivity index (χ1) is 11.0. The second kappa shape index (κ2) is 9.45. The van der Waals surface area contributed by atoms with Crippen molar-refractivity contribution in [1.29, 1.82) is 0 Å². The zero-order valence-corrected chi connectivity index (χ0v) is 13.4. The summed E-state index contributed by atoms with van der Waals surface area (Å²) >= 11 is 0. The van der Waals surface area contributed by atoms with Crippen molar-refractivity contribution in [3.8, 4) is 11.5 Å². The number of hydrogen-bond acceptors (Lipinski definition) is 7. The summed E-state index contributed by atoms with van der Waals surface area (Å²) in [5, 5.41) is 0. The summed E-state index contributed by atoms with van der Waals surface area (Å²) in [4.78, 5) is 34.1. The van der Waals surface area contributed by atoms with E-state index in [2.05, 4.69) is 0 Å². The van der Waals surface area contributed by atoms with Crippen LogP contribution in [-0.4, -0.2) is 44.1 Å². The molecule has 126 valence electrons. The first kappa shape index (κ1) is 18.5. The lowest BCUT2D eigenvalue weighted by atomic mass is 10.1. The van der Waals surface area contributed by atoms with Crippen LogP contribution in [0.25, 0.3) is 0 Å². The highest BCUT2D eigenvalue weighted by Crippen LogP contribution is 2.28. The maximum Gasteiger partial charge on any atom is 0.344 e. The highest BCUT2D eigenvalue weighted by molar-refractivity contribution is 5.94. The van der Waals surface area contributed by atoms with Gasteiger partial charge in [-0.05, 0) is 39.0 Å². The lowest BCUT2D eigenvalue weighted by Crippen LogP contribution is -2.17. The third kappa shape index (κ3) is 6.37. The van der Waals surface area contributed by atoms with Gasteiger partial charge in [-0.15, -0.1) is 0 Å². The Morgan fingerprint density at radius 3 is 1.87 bits per heavy atom. The normalized spacial score (nSPS) is 9.87. The maximum absolute atomic E-state index is 11.4. The number of ether oxygens (including phenoxy) is 4. The van der Waals surface area contributed by atoms with Crippen molar-refractivity contribution in [3.63, 3.8) is 0 Å². The van der Waals surface area contributed by atoms with E-state index in [-0.39, 0.29) is 43.7 Å². The van der Waals surface area contributed by atoms with Gasteiger partial charge in [0.2, 0.25) is 0 Å². The number of rotatable bonds is 9. The molecule has 0 saturated heterocycles. The predicted octanol–water partition coefficient (Wildman–Crippen LogP) is 1.77. The zero-order valence-electron chi connectivity index (χ0n) is 13.4. The summed E-state index contributed by atoms with van der Waals surface area (Å²) in [6.45, 7) is 4.63. The Hall–Kier alpha value is -2.57. The van der Waals surface area contributed by atoms with Crippen LogP contribution in [0.1, 0.15) is 31.1 Å². The molecule has 1 rings (SSSR count). The van der Waals surface area contributed by atoms with Crippen LogP contribution in [0, 0.1) is 0 Å². The van der Waals surface area contributed by atoms with Crippen LogP contribution in [0.2, 0.25) is 0 Å². The van der Waals surface area contributed by atoms with Crippen molar-refractivity contribution in [2.45, 2.75) is 20.8 Å². The van der Waals surface area contributed by atoms with Gasteiger partial charge in [-0.3, -0.25) is 4.79 Å². The molecule has 1 aromatic carbocycles. The average Bonchev–Trinajstić information content (AvgIpc) is 2.51. The Kier molecular flexibility index (Phi) is 7.59. The minimum Gasteiger partial charge on any atom is -0.478 e. The molecule has 0 fully saturated rings. The molecule has 0 amide bonds. The summed E-state index contributed by atoms with van der Waals surface area (Å²) in [5.41, 5.74) is 0.396. The van der Waals surface area contributed by atoms with E-state index in [4.69, 9.17) is 18.9 Å². The predicted molar refractivity (Wildman–Crippen MR) is 80.7 cm³/mol. The molecular formula is C16H20O7. The van der Waals surface area contributed by atoms with E-state index in [1.165, 1.54) is 19.1 Å². The Bertz CT molecular complexity index is 566. The monoisotopic (exact) mass is 324 g/mol. The molecule has 0 aliphatic heterocycles. The van der Waals surface area contributed by atoms with Crippen molar-refractivity contribution >= 4 is 17.7 Å². The van der Waals surface area contributed by atoms with Crippen LogP contribution in [0.5, 0.6) is 11.5 Å². The molecule has 1 aromatic rings. The van der Waals surface area contributed by atoms with Crippen molar-refractivity contribution in [1.82, 2.24) is 0 Å². The van der Waals surface area contributed by atoms with Gasteiger partial charge in [-0.1, -0.05) is 0 Å². The summed E-state index contributed by atoms with van der Waals surface area (Å²) in [6, 6.07) is 4.48. The van der Waals surface area contributed by atoms with E-state index in [0.717, 1.165) is 0 Å². The fourth-order valence-electron chi connectivity index (χ4n) is 1.64. The molecule has 7 heteroatoms. The third-order valence-corrected chi connectivity index (χ3v) is 2.65. The standard InChI is InChI=1S/C16H20O7/c1-4-20-15(18)9-22-13-7-6-12(11(3)17)8-14(13)23-10-16(19)21-5-2/h6-8H,4-5,9-10H2,1-3H3. The number of carbonyl (C=O) groups excluding carboxylic acids is 3. The molecule has 0 atom stereocenters. The van der Waals surface area contributed by atoms with Crippen molar-refractivity contribution in [2.75, 3.05) is 26.4 Å². The number of hydrogen-bond donors (Lipinski definition) is 0. The van der Waals surface area contributed by atoms with Gasteiger partial charge in [0, 0.05) is 5.56 Å². The molecule has 7 nitrogen and oxygen atoms in total. The lowest BCUT2D eigenvalue weighted by Gasteiger charge is -2.13. The Balaban J connectivity index is 2.83. The molecule has 0 N–H and O–H groups in total. The van der Waals surface area contributed by atoms with Crippen LogP contribution in [0.15, 0.2) is 18.2 Å². The van der Waals surface area contributed by atoms with E-state index >= 15 is 0 Å². The first-order valence-electron chi connectivity index (χ1n) is 7.19. The van der Waals surface area contributed by atoms with Crippen molar-refractivity contribution in [3.05, 3.63) is 23.8 Å². The minimum atomic E-state index is -0.544. The third-order valence-electron chi connectivity index (χ3n) is 2.65. The number of carbonyl (C=O) groups is 3. The summed E-state index contributed by atoms with van der Waals surface area (Å²) in [6.07, 6.45) is 0. The van der Waals surface area contributed by atoms with E-state index in [0.29, 0.717) is 5.56 Å². The molecule has 0 bridgehead atoms. The van der Waals surface area contributed by atoms with Crippen LogP contribution in [0.4, 0.5) is 0 Å². The molecule has 0 unspecified atom stereocenters. The highest BCUT2D eigenvalue weighted by atomic mass is 16.6. The summed E-state index contributed by atoms with van der Waals surface area (Å²) in [5.74, 6) is -0.832. The molecule has 0 aromatic heterocycles. The molecule has 0 aliphatic carbocycles. The zero-order chi connectivity index (χ0) is 17.2. The topological polar surface area (TPSA) is 88.1 Å². The van der Waals surface area contributed by atoms with E-state index in [1.54, 1.807) is 19.9 Å². The quantitative estimate of drug-likeness (QED) is 0.505. The SMILES string of the molecule is CCOC(=O)COc1ccc(C(C)=O)cc1OCC(=O)OCC. The van der Waals surface area contributed by atoms with Crippen LogP contribution >= 0.6 is 0 Å². The number of benzene rings is 1. The molecule has 0 radical (unpaired) electrons. The molecule has 0 spiro atoms. The number of Topliss-reactive ketones (excluding diaryl/α,β-unsaturated/α-hetero) is 1. The summed E-state index contributed by atoms with van der Waals surface area (Å²) in [7, 11) is 0. The van der Waals surface area contributed by atoms with Gasteiger partial charge in [0.1, 0.15) is 0 Å². The molecule has 0 saturated carbocycles. The fourth-order valence-corrected chi connectivity index (χ4v) is 1.64. The van der Waals surface area contributed by atoms with Gasteiger partial charge in [0.15, 0.2) is 30.5 Å². The van der Waals surface area contributed by atoms with Gasteiger partial charge in [-0.2, -0.15) is 0 Å². The number of esters is 2. The molecule has 0 aliphatic rings. The lowest BCUT2D eigenvalue weighted by molar-refractivity contribution is -0.146. The Morgan fingerprint density at radius 1 is 0.870 bits per heavy atom. The summed E-state index contributed by atoms with van der Waals surface area (Å²) < 4.78 is 20.2. The smallest absolute Gasteiger partial charge is 0.344 e. The molecule has 23 heavy (non-hydrogen) atoms. The molecular weight excluding hydrogens is 304 g/mol. The fraction of sp³-hybridized carbons (Fsp3) is 0.438. The van der Waals surface area contributed by atoms with Crippen LogP contribution in [0.3, 0.4) is 0 Å². The van der Waals surface area contributed by atoms with Gasteiger partial charge in [-0.25, -0.2) is 9.59 Å². The Morgan fingerprint density at radius 2 is 1.39 bits per heavy atom. The average molecular weight is 324 g/mol. The van der Waals surface area contributed by atoms with Crippen LogP contribution in [-0.2, 0) is 19.1 Å². The number of ketones is 1. The molecule has 0 heterocycles. The van der Waals surface area contributed by atoms with Gasteiger partial charge in [0.05, 0.1) is 13.2 Å². The van der Waals surface area contributed by atoms with Crippen LogP contribution < -0.4 is 9.47 Å². The van der Waals surface area contributed by atoms with Crippen molar-refractivity contribution in [2.24, 2.45) is 0 Å². The first-order valence-corrected chi connectivity index (χ1v) is 7.19. The largest absolute Gasteiger partial charge is 0.478 e. The maximum atomic E-state index is 11.4. The second-order valence-corrected chi connectivity index (χ2v) is 4.41. The van der Waals surface area contributed by atoms with E-state index in [9.17, 15) is 14.4 Å². The van der Waals surface area contributed by atoms with E-state index in [1.807, 2.05) is 0 Å². The highest BCUT2D eigenvalue weighted by Gasteiger charge is 2.13. The van der Waals surface area contributed by atoms with Gasteiger partial charge < -0.3 is 18.9 Å². The second-order valence-electron chi connectivity index (χ2n) is 4.41. The Labute approximate surface area is 134 Å². The van der Waals surface area contributed by atoms with Gasteiger partial charge >= 0.3 is 11.9 Å². The van der Waals surface area contributed by atoms with E-state index < -0.39 is 11.9 Å².